The van der Waals surface area contributed by atoms with Crippen molar-refractivity contribution in [3.63, 3.8) is 0 Å². The molecule has 0 aromatic carbocycles. The number of carbonyl (C=O) groups excluding carboxylic acids is 5. The van der Waals surface area contributed by atoms with E-state index in [1.54, 1.807) is 20.8 Å². The van der Waals surface area contributed by atoms with E-state index in [0.717, 1.165) is 0 Å². The molecule has 202 valence electrons. The van der Waals surface area contributed by atoms with Gasteiger partial charge in [0, 0.05) is 43.5 Å². The minimum absolute atomic E-state index is 0.0648. The fraction of sp³-hybridized carbons (Fsp3) is 0.522. The summed E-state index contributed by atoms with van der Waals surface area (Å²) in [7, 11) is 0. The molecule has 0 saturated carbocycles. The molecule has 0 aliphatic rings. The summed E-state index contributed by atoms with van der Waals surface area (Å²) in [6.45, 7) is 6.21. The lowest BCUT2D eigenvalue weighted by atomic mass is 10.0. The molecule has 0 spiro atoms. The summed E-state index contributed by atoms with van der Waals surface area (Å²) in [5, 5.41) is 10.3. The molecule has 3 atom stereocenters. The Hall–Kier alpha value is -4.23. The number of H-pyrrole nitrogens is 2. The molecule has 0 aliphatic heterocycles. The predicted octanol–water partition coefficient (Wildman–Crippen LogP) is -1.27. The van der Waals surface area contributed by atoms with Gasteiger partial charge < -0.3 is 36.0 Å². The summed E-state index contributed by atoms with van der Waals surface area (Å²) >= 11 is 0. The minimum atomic E-state index is -1.07. The van der Waals surface area contributed by atoms with E-state index >= 15 is 0 Å². The highest BCUT2D eigenvalue weighted by Crippen LogP contribution is 2.08. The number of amides is 4. The molecule has 0 fully saturated rings. The highest BCUT2D eigenvalue weighted by molar-refractivity contribution is 5.94. The van der Waals surface area contributed by atoms with Crippen LogP contribution in [-0.4, -0.2) is 80.8 Å². The van der Waals surface area contributed by atoms with Gasteiger partial charge in [0.1, 0.15) is 18.1 Å². The van der Waals surface area contributed by atoms with Crippen LogP contribution >= 0.6 is 0 Å². The van der Waals surface area contributed by atoms with Crippen LogP contribution in [0.4, 0.5) is 0 Å². The number of aromatic amines is 2. The van der Waals surface area contributed by atoms with Gasteiger partial charge in [0.25, 0.3) is 0 Å². The summed E-state index contributed by atoms with van der Waals surface area (Å²) in [6, 6.07) is -3.10. The van der Waals surface area contributed by atoms with Crippen molar-refractivity contribution in [1.29, 1.82) is 0 Å². The van der Waals surface area contributed by atoms with E-state index in [1.165, 1.54) is 32.0 Å². The Kier molecular flexibility index (Phi) is 11.3. The zero-order valence-corrected chi connectivity index (χ0v) is 21.3. The van der Waals surface area contributed by atoms with Crippen molar-refractivity contribution in [2.45, 2.75) is 58.7 Å². The van der Waals surface area contributed by atoms with Crippen LogP contribution in [-0.2, 0) is 41.6 Å². The number of carbonyl (C=O) groups is 5. The Morgan fingerprint density at radius 3 is 1.97 bits per heavy atom. The maximum Gasteiger partial charge on any atom is 0.329 e. The van der Waals surface area contributed by atoms with Gasteiger partial charge in [-0.25, -0.2) is 14.8 Å². The molecule has 2 aromatic heterocycles. The first-order chi connectivity index (χ1) is 17.6. The summed E-state index contributed by atoms with van der Waals surface area (Å²) in [5.74, 6) is -3.18. The maximum atomic E-state index is 13.2. The minimum Gasteiger partial charge on any atom is -0.464 e. The fourth-order valence-corrected chi connectivity index (χ4v) is 3.38. The third kappa shape index (κ3) is 9.74. The lowest BCUT2D eigenvalue weighted by Gasteiger charge is -2.27. The molecule has 2 rings (SSSR count). The van der Waals surface area contributed by atoms with E-state index in [9.17, 15) is 24.0 Å². The number of aromatic nitrogens is 4. The van der Waals surface area contributed by atoms with Crippen LogP contribution in [0.15, 0.2) is 25.0 Å². The first kappa shape index (κ1) is 29.0. The van der Waals surface area contributed by atoms with Crippen LogP contribution in [0.5, 0.6) is 0 Å². The molecule has 2 aromatic rings. The lowest BCUT2D eigenvalue weighted by molar-refractivity contribution is -0.147. The number of esters is 1. The molecular weight excluding hydrogens is 484 g/mol. The quantitative estimate of drug-likeness (QED) is 0.166. The second kappa shape index (κ2) is 14.4. The third-order valence-electron chi connectivity index (χ3n) is 5.24. The monoisotopic (exact) mass is 518 g/mol. The molecule has 2 heterocycles. The van der Waals surface area contributed by atoms with E-state index in [4.69, 9.17) is 4.74 Å². The highest BCUT2D eigenvalue weighted by Gasteiger charge is 2.32. The van der Waals surface area contributed by atoms with Crippen LogP contribution in [0.25, 0.3) is 0 Å². The zero-order chi connectivity index (χ0) is 27.4. The van der Waals surface area contributed by atoms with Gasteiger partial charge in [-0.3, -0.25) is 19.2 Å². The van der Waals surface area contributed by atoms with Crippen molar-refractivity contribution in [3.05, 3.63) is 36.4 Å². The van der Waals surface area contributed by atoms with Gasteiger partial charge in [0.05, 0.1) is 25.8 Å². The number of nitrogens with one attached hydrogen (secondary N) is 6. The molecule has 0 saturated heterocycles. The molecule has 14 heteroatoms. The summed E-state index contributed by atoms with van der Waals surface area (Å²) in [6.07, 6.45) is 6.11. The van der Waals surface area contributed by atoms with Gasteiger partial charge in [-0.05, 0) is 12.8 Å². The Morgan fingerprint density at radius 2 is 1.49 bits per heavy atom. The van der Waals surface area contributed by atoms with Gasteiger partial charge in [0.2, 0.25) is 23.6 Å². The Balaban J connectivity index is 2.15. The number of ether oxygens (including phenoxy) is 1. The van der Waals surface area contributed by atoms with Crippen molar-refractivity contribution < 1.29 is 28.7 Å². The van der Waals surface area contributed by atoms with Crippen molar-refractivity contribution in [2.75, 3.05) is 13.2 Å². The molecular formula is C23H34N8O6. The molecule has 4 amide bonds. The van der Waals surface area contributed by atoms with Crippen LogP contribution in [0.3, 0.4) is 0 Å². The summed E-state index contributed by atoms with van der Waals surface area (Å²) in [5.41, 5.74) is 1.19. The Labute approximate surface area is 214 Å². The van der Waals surface area contributed by atoms with Crippen LogP contribution < -0.4 is 21.3 Å². The average Bonchev–Trinajstić information content (AvgIpc) is 3.54. The van der Waals surface area contributed by atoms with Crippen molar-refractivity contribution in [3.8, 4) is 0 Å². The van der Waals surface area contributed by atoms with E-state index in [-0.39, 0.29) is 31.9 Å². The van der Waals surface area contributed by atoms with Crippen molar-refractivity contribution in [1.82, 2.24) is 41.2 Å². The second-order valence-electron chi connectivity index (χ2n) is 8.64. The normalized spacial score (nSPS) is 13.2. The van der Waals surface area contributed by atoms with E-state index in [1.807, 2.05) is 0 Å². The lowest BCUT2D eigenvalue weighted by Crippen LogP contribution is -2.58. The van der Waals surface area contributed by atoms with Gasteiger partial charge in [-0.2, -0.15) is 0 Å². The SMILES string of the molecule is CCOC(=O)[C@H](Cc1cnc[nH]1)NC(=O)[C@@H](NC(=O)[C@H](Cc1cnc[nH]1)NC(=O)CNC(C)=O)C(C)C. The average molecular weight is 519 g/mol. The predicted molar refractivity (Wildman–Crippen MR) is 131 cm³/mol. The van der Waals surface area contributed by atoms with Gasteiger partial charge in [-0.1, -0.05) is 13.8 Å². The largest absolute Gasteiger partial charge is 0.464 e. The van der Waals surface area contributed by atoms with Crippen molar-refractivity contribution in [2.24, 2.45) is 5.92 Å². The molecule has 0 bridgehead atoms. The third-order valence-corrected chi connectivity index (χ3v) is 5.24. The second-order valence-corrected chi connectivity index (χ2v) is 8.64. The highest BCUT2D eigenvalue weighted by atomic mass is 16.5. The first-order valence-corrected chi connectivity index (χ1v) is 11.9. The number of imidazole rings is 2. The van der Waals surface area contributed by atoms with Gasteiger partial charge >= 0.3 is 5.97 Å². The molecule has 6 N–H and O–H groups in total. The Bertz CT molecular complexity index is 1040. The molecule has 0 aliphatic carbocycles. The van der Waals surface area contributed by atoms with E-state index in [2.05, 4.69) is 41.2 Å². The van der Waals surface area contributed by atoms with Crippen LogP contribution in [0.2, 0.25) is 0 Å². The summed E-state index contributed by atoms with van der Waals surface area (Å²) < 4.78 is 5.09. The molecule has 0 unspecified atom stereocenters. The van der Waals surface area contributed by atoms with Crippen molar-refractivity contribution >= 4 is 29.6 Å². The maximum absolute atomic E-state index is 13.2. The van der Waals surface area contributed by atoms with Crippen LogP contribution in [0, 0.1) is 5.92 Å². The topological polar surface area (TPSA) is 200 Å². The number of rotatable bonds is 14. The van der Waals surface area contributed by atoms with Gasteiger partial charge in [-0.15, -0.1) is 0 Å². The molecule has 0 radical (unpaired) electrons. The fourth-order valence-electron chi connectivity index (χ4n) is 3.38. The Morgan fingerprint density at radius 1 is 0.892 bits per heavy atom. The van der Waals surface area contributed by atoms with E-state index < -0.39 is 47.7 Å². The zero-order valence-electron chi connectivity index (χ0n) is 21.3. The first-order valence-electron chi connectivity index (χ1n) is 11.9. The summed E-state index contributed by atoms with van der Waals surface area (Å²) in [4.78, 5) is 75.9. The van der Waals surface area contributed by atoms with E-state index in [0.29, 0.717) is 11.4 Å². The number of hydrogen-bond donors (Lipinski definition) is 6. The molecule has 37 heavy (non-hydrogen) atoms. The number of hydrogen-bond acceptors (Lipinski definition) is 8. The van der Waals surface area contributed by atoms with Gasteiger partial charge in [0.15, 0.2) is 0 Å². The smallest absolute Gasteiger partial charge is 0.329 e. The number of nitrogens with zero attached hydrogens (tertiary/aromatic N) is 2. The standard InChI is InChI=1S/C23H34N8O6/c1-5-37-23(36)18(7-16-9-25-12-28-16)30-22(35)20(13(2)3)31-21(34)17(6-15-8-24-11-27-15)29-19(33)10-26-14(4)32/h8-9,11-13,17-18,20H,5-7,10H2,1-4H3,(H,24,27)(H,25,28)(H,26,32)(H,29,33)(H,30,35)(H,31,34)/t17-,18-,20-/m0/s1. The van der Waals surface area contributed by atoms with Crippen LogP contribution in [0.1, 0.15) is 39.1 Å². The molecule has 14 nitrogen and oxygen atoms in total.